The first-order chi connectivity index (χ1) is 7.26. The Hall–Kier alpha value is -1.19. The van der Waals surface area contributed by atoms with E-state index in [2.05, 4.69) is 4.98 Å². The monoisotopic (exact) mass is 224 g/mol. The van der Waals surface area contributed by atoms with Gasteiger partial charge < -0.3 is 15.5 Å². The van der Waals surface area contributed by atoms with E-state index in [-0.39, 0.29) is 0 Å². The van der Waals surface area contributed by atoms with E-state index in [0.29, 0.717) is 6.54 Å². The number of halogens is 1. The van der Waals surface area contributed by atoms with Crippen LogP contribution in [0.5, 0.6) is 5.75 Å². The summed E-state index contributed by atoms with van der Waals surface area (Å²) in [5.74, 6) is 0.808. The van der Waals surface area contributed by atoms with Crippen LogP contribution in [0.2, 0.25) is 5.02 Å². The van der Waals surface area contributed by atoms with Crippen molar-refractivity contribution in [3.05, 3.63) is 28.9 Å². The summed E-state index contributed by atoms with van der Waals surface area (Å²) in [7, 11) is 1.64. The third-order valence-corrected chi connectivity index (χ3v) is 2.84. The number of hydrogen-bond donors (Lipinski definition) is 2. The maximum Gasteiger partial charge on any atom is 0.119 e. The molecule has 0 aliphatic heterocycles. The molecule has 0 aliphatic rings. The number of rotatable bonds is 3. The van der Waals surface area contributed by atoms with Gasteiger partial charge in [0.15, 0.2) is 0 Å². The predicted molar refractivity (Wildman–Crippen MR) is 62.6 cm³/mol. The van der Waals surface area contributed by atoms with Crippen LogP contribution < -0.4 is 10.5 Å². The van der Waals surface area contributed by atoms with E-state index in [9.17, 15) is 0 Å². The van der Waals surface area contributed by atoms with Crippen molar-refractivity contribution in [2.45, 2.75) is 6.42 Å². The van der Waals surface area contributed by atoms with Gasteiger partial charge in [-0.3, -0.25) is 0 Å². The summed E-state index contributed by atoms with van der Waals surface area (Å²) in [6, 6.07) is 5.79. The van der Waals surface area contributed by atoms with Crippen molar-refractivity contribution in [3.63, 3.8) is 0 Å². The van der Waals surface area contributed by atoms with Gasteiger partial charge in [0.25, 0.3) is 0 Å². The van der Waals surface area contributed by atoms with Crippen molar-refractivity contribution in [2.24, 2.45) is 5.73 Å². The van der Waals surface area contributed by atoms with Gasteiger partial charge in [-0.15, -0.1) is 0 Å². The van der Waals surface area contributed by atoms with Gasteiger partial charge in [-0.1, -0.05) is 11.6 Å². The number of hydrogen-bond acceptors (Lipinski definition) is 2. The highest BCUT2D eigenvalue weighted by atomic mass is 35.5. The molecule has 80 valence electrons. The first-order valence-corrected chi connectivity index (χ1v) is 5.18. The molecule has 0 unspecified atom stereocenters. The van der Waals surface area contributed by atoms with Crippen LogP contribution in [-0.2, 0) is 6.42 Å². The Morgan fingerprint density at radius 3 is 2.93 bits per heavy atom. The van der Waals surface area contributed by atoms with Crippen LogP contribution >= 0.6 is 11.6 Å². The van der Waals surface area contributed by atoms with Crippen molar-refractivity contribution in [1.29, 1.82) is 0 Å². The summed E-state index contributed by atoms with van der Waals surface area (Å²) in [5.41, 5.74) is 7.51. The number of methoxy groups -OCH3 is 1. The van der Waals surface area contributed by atoms with E-state index in [1.54, 1.807) is 7.11 Å². The van der Waals surface area contributed by atoms with Crippen LogP contribution in [-0.4, -0.2) is 18.6 Å². The summed E-state index contributed by atoms with van der Waals surface area (Å²) < 4.78 is 5.15. The summed E-state index contributed by atoms with van der Waals surface area (Å²) in [6.45, 7) is 0.587. The minimum absolute atomic E-state index is 0.587. The summed E-state index contributed by atoms with van der Waals surface area (Å²) >= 11 is 6.22. The molecule has 0 saturated heterocycles. The molecule has 0 amide bonds. The highest BCUT2D eigenvalue weighted by Crippen LogP contribution is 2.30. The molecule has 3 N–H and O–H groups in total. The molecule has 4 heteroatoms. The average molecular weight is 225 g/mol. The first-order valence-electron chi connectivity index (χ1n) is 4.80. The number of benzene rings is 1. The van der Waals surface area contributed by atoms with Crippen LogP contribution in [0, 0.1) is 0 Å². The van der Waals surface area contributed by atoms with E-state index in [4.69, 9.17) is 22.1 Å². The van der Waals surface area contributed by atoms with Crippen molar-refractivity contribution in [3.8, 4) is 5.75 Å². The van der Waals surface area contributed by atoms with Crippen LogP contribution in [0.4, 0.5) is 0 Å². The summed E-state index contributed by atoms with van der Waals surface area (Å²) in [4.78, 5) is 3.25. The molecular weight excluding hydrogens is 212 g/mol. The normalized spacial score (nSPS) is 10.9. The van der Waals surface area contributed by atoms with Gasteiger partial charge in [-0.05, 0) is 24.7 Å². The molecule has 0 fully saturated rings. The van der Waals surface area contributed by atoms with Crippen molar-refractivity contribution < 1.29 is 4.74 Å². The van der Waals surface area contributed by atoms with Gasteiger partial charge >= 0.3 is 0 Å². The fourth-order valence-electron chi connectivity index (χ4n) is 1.64. The molecule has 0 saturated carbocycles. The quantitative estimate of drug-likeness (QED) is 0.841. The number of ether oxygens (including phenoxy) is 1. The smallest absolute Gasteiger partial charge is 0.119 e. The molecule has 2 rings (SSSR count). The molecule has 0 aliphatic carbocycles. The van der Waals surface area contributed by atoms with Crippen LogP contribution in [0.1, 0.15) is 5.69 Å². The zero-order valence-electron chi connectivity index (χ0n) is 8.51. The fraction of sp³-hybridized carbons (Fsp3) is 0.273. The molecular formula is C11H13ClN2O. The molecule has 0 atom stereocenters. The number of aromatic amines is 1. The van der Waals surface area contributed by atoms with Crippen molar-refractivity contribution in [1.82, 2.24) is 4.98 Å². The highest BCUT2D eigenvalue weighted by Gasteiger charge is 2.09. The second-order valence-electron chi connectivity index (χ2n) is 3.37. The number of aromatic nitrogens is 1. The van der Waals surface area contributed by atoms with E-state index >= 15 is 0 Å². The Balaban J connectivity index is 2.56. The molecule has 1 aromatic carbocycles. The van der Waals surface area contributed by atoms with Crippen LogP contribution in [0.25, 0.3) is 10.9 Å². The van der Waals surface area contributed by atoms with E-state index < -0.39 is 0 Å². The van der Waals surface area contributed by atoms with Gasteiger partial charge in [-0.25, -0.2) is 0 Å². The first kappa shape index (κ1) is 10.3. The lowest BCUT2D eigenvalue weighted by molar-refractivity contribution is 0.415. The van der Waals surface area contributed by atoms with Gasteiger partial charge in [0.2, 0.25) is 0 Å². The largest absolute Gasteiger partial charge is 0.497 e. The molecule has 0 bridgehead atoms. The number of fused-ring (bicyclic) bond motifs is 1. The SMILES string of the molecule is COc1ccc2[nH]c(CCN)c(Cl)c2c1. The summed E-state index contributed by atoms with van der Waals surface area (Å²) in [6.07, 6.45) is 0.760. The molecule has 0 spiro atoms. The fourth-order valence-corrected chi connectivity index (χ4v) is 1.94. The Morgan fingerprint density at radius 2 is 2.27 bits per heavy atom. The van der Waals surface area contributed by atoms with Crippen molar-refractivity contribution in [2.75, 3.05) is 13.7 Å². The van der Waals surface area contributed by atoms with Gasteiger partial charge in [0, 0.05) is 23.0 Å². The minimum atomic E-state index is 0.587. The zero-order chi connectivity index (χ0) is 10.8. The second kappa shape index (κ2) is 4.13. The lowest BCUT2D eigenvalue weighted by atomic mass is 10.2. The highest BCUT2D eigenvalue weighted by molar-refractivity contribution is 6.36. The van der Waals surface area contributed by atoms with Crippen molar-refractivity contribution >= 4 is 22.5 Å². The van der Waals surface area contributed by atoms with Gasteiger partial charge in [0.05, 0.1) is 12.1 Å². The number of nitrogens with one attached hydrogen (secondary N) is 1. The molecule has 1 aromatic heterocycles. The zero-order valence-corrected chi connectivity index (χ0v) is 9.27. The average Bonchev–Trinajstić information content (AvgIpc) is 2.56. The third-order valence-electron chi connectivity index (χ3n) is 2.41. The Bertz CT molecular complexity index is 479. The van der Waals surface area contributed by atoms with Crippen LogP contribution in [0.15, 0.2) is 18.2 Å². The molecule has 0 radical (unpaired) electrons. The topological polar surface area (TPSA) is 51.0 Å². The molecule has 2 aromatic rings. The molecule has 3 nitrogen and oxygen atoms in total. The van der Waals surface area contributed by atoms with E-state index in [0.717, 1.165) is 33.8 Å². The van der Waals surface area contributed by atoms with Crippen LogP contribution in [0.3, 0.4) is 0 Å². The maximum absolute atomic E-state index is 6.22. The lowest BCUT2D eigenvalue weighted by Crippen LogP contribution is -2.02. The summed E-state index contributed by atoms with van der Waals surface area (Å²) in [5, 5.41) is 1.73. The number of nitrogens with two attached hydrogens (primary N) is 1. The second-order valence-corrected chi connectivity index (χ2v) is 3.75. The number of H-pyrrole nitrogens is 1. The van der Waals surface area contributed by atoms with E-state index in [1.165, 1.54) is 0 Å². The van der Waals surface area contributed by atoms with E-state index in [1.807, 2.05) is 18.2 Å². The lowest BCUT2D eigenvalue weighted by Gasteiger charge is -1.98. The van der Waals surface area contributed by atoms with Gasteiger partial charge in [0.1, 0.15) is 5.75 Å². The Morgan fingerprint density at radius 1 is 1.47 bits per heavy atom. The molecule has 1 heterocycles. The third kappa shape index (κ3) is 1.80. The predicted octanol–water partition coefficient (Wildman–Crippen LogP) is 2.33. The minimum Gasteiger partial charge on any atom is -0.497 e. The standard InChI is InChI=1S/C11H13ClN2O/c1-15-7-2-3-9-8(6-7)11(12)10(14-9)4-5-13/h2-3,6,14H,4-5,13H2,1H3. The Kier molecular flexibility index (Phi) is 2.84. The Labute approximate surface area is 93.2 Å². The molecule has 15 heavy (non-hydrogen) atoms. The van der Waals surface area contributed by atoms with Gasteiger partial charge in [-0.2, -0.15) is 0 Å². The maximum atomic E-state index is 6.22.